The predicted octanol–water partition coefficient (Wildman–Crippen LogP) is 0.936. The van der Waals surface area contributed by atoms with Gasteiger partial charge in [0.05, 0.1) is 13.2 Å². The van der Waals surface area contributed by atoms with Crippen molar-refractivity contribution in [1.29, 1.82) is 0 Å². The zero-order chi connectivity index (χ0) is 16.8. The van der Waals surface area contributed by atoms with E-state index in [1.807, 2.05) is 27.7 Å². The minimum atomic E-state index is -0.488. The van der Waals surface area contributed by atoms with Crippen molar-refractivity contribution in [3.8, 4) is 0 Å². The van der Waals surface area contributed by atoms with E-state index in [0.717, 1.165) is 13.0 Å². The number of methoxy groups -OCH3 is 1. The smallest absolute Gasteiger partial charge is 0.328 e. The number of ether oxygens (including phenoxy) is 3. The van der Waals surface area contributed by atoms with Gasteiger partial charge in [-0.25, -0.2) is 4.99 Å². The molecule has 0 rings (SSSR count). The molecule has 0 saturated carbocycles. The molecule has 0 amide bonds. The van der Waals surface area contributed by atoms with Crippen molar-refractivity contribution in [2.75, 3.05) is 46.6 Å². The summed E-state index contributed by atoms with van der Waals surface area (Å²) in [5.74, 6) is 0.262. The Morgan fingerprint density at radius 2 is 1.86 bits per heavy atom. The Balaban J connectivity index is 3.98. The third-order valence-corrected chi connectivity index (χ3v) is 2.32. The van der Waals surface area contributed by atoms with Crippen LogP contribution in [0, 0.1) is 0 Å². The summed E-state index contributed by atoms with van der Waals surface area (Å²) in [6.07, 6.45) is 0.848. The lowest BCUT2D eigenvalue weighted by Crippen LogP contribution is -2.38. The molecule has 0 unspecified atom stereocenters. The molecule has 0 aliphatic rings. The van der Waals surface area contributed by atoms with Crippen LogP contribution in [0.25, 0.3) is 0 Å². The van der Waals surface area contributed by atoms with Crippen molar-refractivity contribution in [3.63, 3.8) is 0 Å². The van der Waals surface area contributed by atoms with E-state index in [1.54, 1.807) is 7.11 Å². The van der Waals surface area contributed by atoms with E-state index in [9.17, 15) is 4.79 Å². The van der Waals surface area contributed by atoms with Crippen molar-refractivity contribution >= 4 is 11.9 Å². The first kappa shape index (κ1) is 20.7. The summed E-state index contributed by atoms with van der Waals surface area (Å²) < 4.78 is 15.5. The second kappa shape index (κ2) is 12.2. The molecular formula is C15H31N3O4. The van der Waals surface area contributed by atoms with Gasteiger partial charge in [-0.15, -0.1) is 0 Å². The lowest BCUT2D eigenvalue weighted by Gasteiger charge is -2.19. The number of rotatable bonds is 10. The van der Waals surface area contributed by atoms with Crippen molar-refractivity contribution in [3.05, 3.63) is 0 Å². The largest absolute Gasteiger partial charge is 0.459 e. The zero-order valence-electron chi connectivity index (χ0n) is 14.5. The number of hydrogen-bond acceptors (Lipinski definition) is 5. The van der Waals surface area contributed by atoms with Crippen LogP contribution in [0.15, 0.2) is 4.99 Å². The summed E-state index contributed by atoms with van der Waals surface area (Å²) in [7, 11) is 1.65. The number of carbonyl (C=O) groups excluding carboxylic acids is 1. The molecule has 0 radical (unpaired) electrons. The fourth-order valence-electron chi connectivity index (χ4n) is 1.48. The van der Waals surface area contributed by atoms with Crippen LogP contribution < -0.4 is 10.6 Å². The summed E-state index contributed by atoms with van der Waals surface area (Å²) in [6, 6.07) is 0. The topological polar surface area (TPSA) is 81.2 Å². The molecule has 0 aliphatic heterocycles. The van der Waals surface area contributed by atoms with Gasteiger partial charge >= 0.3 is 5.97 Å². The fourth-order valence-corrected chi connectivity index (χ4v) is 1.48. The highest BCUT2D eigenvalue weighted by Crippen LogP contribution is 2.06. The molecule has 0 fully saturated rings. The van der Waals surface area contributed by atoms with E-state index in [2.05, 4.69) is 15.6 Å². The van der Waals surface area contributed by atoms with E-state index >= 15 is 0 Å². The highest BCUT2D eigenvalue weighted by molar-refractivity contribution is 5.83. The Hall–Kier alpha value is -1.34. The highest BCUT2D eigenvalue weighted by atomic mass is 16.6. The van der Waals surface area contributed by atoms with E-state index in [4.69, 9.17) is 14.2 Å². The van der Waals surface area contributed by atoms with Crippen LogP contribution in [0.4, 0.5) is 0 Å². The number of guanidine groups is 1. The zero-order valence-corrected chi connectivity index (χ0v) is 14.5. The van der Waals surface area contributed by atoms with Crippen LogP contribution in [0.3, 0.4) is 0 Å². The third kappa shape index (κ3) is 13.6. The Morgan fingerprint density at radius 1 is 1.14 bits per heavy atom. The van der Waals surface area contributed by atoms with Gasteiger partial charge < -0.3 is 24.8 Å². The van der Waals surface area contributed by atoms with Crippen molar-refractivity contribution in [2.45, 2.75) is 39.7 Å². The predicted molar refractivity (Wildman–Crippen MR) is 87.1 cm³/mol. The standard InChI is InChI=1S/C15H31N3O4/c1-6-16-14(17-8-7-9-21-11-10-20-5)18-12-13(19)22-15(2,3)4/h6-12H2,1-5H3,(H2,16,17,18). The third-order valence-electron chi connectivity index (χ3n) is 2.32. The average molecular weight is 317 g/mol. The number of esters is 1. The molecule has 0 atom stereocenters. The molecule has 0 bridgehead atoms. The van der Waals surface area contributed by atoms with Crippen LogP contribution in [-0.4, -0.2) is 64.1 Å². The molecule has 0 aromatic heterocycles. The van der Waals surface area contributed by atoms with Gasteiger partial charge in [0, 0.05) is 26.8 Å². The molecule has 0 aliphatic carbocycles. The fraction of sp³-hybridized carbons (Fsp3) is 0.867. The molecule has 2 N–H and O–H groups in total. The maximum absolute atomic E-state index is 11.6. The summed E-state index contributed by atoms with van der Waals surface area (Å²) in [5, 5.41) is 6.23. The number of nitrogens with one attached hydrogen (secondary N) is 2. The SMILES string of the molecule is CCNC(=NCC(=O)OC(C)(C)C)NCCCOCCOC. The molecule has 0 aromatic rings. The van der Waals surface area contributed by atoms with E-state index in [0.29, 0.717) is 32.3 Å². The van der Waals surface area contributed by atoms with Gasteiger partial charge in [0.2, 0.25) is 0 Å². The first-order chi connectivity index (χ1) is 10.4. The van der Waals surface area contributed by atoms with Gasteiger partial charge in [-0.3, -0.25) is 4.79 Å². The summed E-state index contributed by atoms with van der Waals surface area (Å²) in [5.41, 5.74) is -0.488. The minimum absolute atomic E-state index is 0.00303. The highest BCUT2D eigenvalue weighted by Gasteiger charge is 2.15. The van der Waals surface area contributed by atoms with Gasteiger partial charge in [-0.2, -0.15) is 0 Å². The van der Waals surface area contributed by atoms with Gasteiger partial charge in [0.25, 0.3) is 0 Å². The van der Waals surface area contributed by atoms with E-state index in [-0.39, 0.29) is 12.5 Å². The number of nitrogens with zero attached hydrogens (tertiary/aromatic N) is 1. The van der Waals surface area contributed by atoms with Gasteiger partial charge in [-0.1, -0.05) is 0 Å². The van der Waals surface area contributed by atoms with Crippen LogP contribution in [0.2, 0.25) is 0 Å². The molecule has 0 aromatic carbocycles. The number of aliphatic imine (C=N–C) groups is 1. The molecule has 130 valence electrons. The maximum atomic E-state index is 11.6. The van der Waals surface area contributed by atoms with E-state index in [1.165, 1.54) is 0 Å². The summed E-state index contributed by atoms with van der Waals surface area (Å²) >= 11 is 0. The van der Waals surface area contributed by atoms with Gasteiger partial charge in [0.15, 0.2) is 5.96 Å². The molecule has 7 heteroatoms. The molecule has 0 saturated heterocycles. The molecular weight excluding hydrogens is 286 g/mol. The second-order valence-corrected chi connectivity index (χ2v) is 5.67. The Kier molecular flexibility index (Phi) is 11.5. The van der Waals surface area contributed by atoms with Gasteiger partial charge in [0.1, 0.15) is 12.1 Å². The lowest BCUT2D eigenvalue weighted by atomic mass is 10.2. The Morgan fingerprint density at radius 3 is 2.45 bits per heavy atom. The summed E-state index contributed by atoms with van der Waals surface area (Å²) in [6.45, 7) is 10.8. The van der Waals surface area contributed by atoms with E-state index < -0.39 is 5.60 Å². The number of carbonyl (C=O) groups is 1. The van der Waals surface area contributed by atoms with Gasteiger partial charge in [-0.05, 0) is 34.1 Å². The maximum Gasteiger partial charge on any atom is 0.328 e. The molecule has 7 nitrogen and oxygen atoms in total. The monoisotopic (exact) mass is 317 g/mol. The normalized spacial score (nSPS) is 12.1. The lowest BCUT2D eigenvalue weighted by molar-refractivity contribution is -0.152. The van der Waals surface area contributed by atoms with Crippen LogP contribution >= 0.6 is 0 Å². The minimum Gasteiger partial charge on any atom is -0.459 e. The van der Waals surface area contributed by atoms with Crippen molar-refractivity contribution in [1.82, 2.24) is 10.6 Å². The van der Waals surface area contributed by atoms with Crippen molar-refractivity contribution < 1.29 is 19.0 Å². The molecule has 22 heavy (non-hydrogen) atoms. The summed E-state index contributed by atoms with van der Waals surface area (Å²) in [4.78, 5) is 15.8. The molecule has 0 spiro atoms. The average Bonchev–Trinajstić information content (AvgIpc) is 2.41. The quantitative estimate of drug-likeness (QED) is 0.270. The number of hydrogen-bond donors (Lipinski definition) is 2. The Labute approximate surface area is 133 Å². The second-order valence-electron chi connectivity index (χ2n) is 5.67. The van der Waals surface area contributed by atoms with Crippen molar-refractivity contribution in [2.24, 2.45) is 4.99 Å². The molecule has 0 heterocycles. The van der Waals surface area contributed by atoms with Crippen LogP contribution in [-0.2, 0) is 19.0 Å². The first-order valence-corrected chi connectivity index (χ1v) is 7.69. The van der Waals surface area contributed by atoms with Crippen LogP contribution in [0.5, 0.6) is 0 Å². The Bertz CT molecular complexity index is 327. The first-order valence-electron chi connectivity index (χ1n) is 7.69. The van der Waals surface area contributed by atoms with Crippen LogP contribution in [0.1, 0.15) is 34.1 Å².